The zero-order valence-electron chi connectivity index (χ0n) is 13.6. The Morgan fingerprint density at radius 2 is 2.32 bits per heavy atom. The number of non-ortho nitro benzene ring substituents is 1. The number of benzene rings is 1. The van der Waals surface area contributed by atoms with E-state index in [0.29, 0.717) is 17.1 Å². The minimum Gasteiger partial charge on any atom is -0.300 e. The number of aromatic nitrogens is 3. The van der Waals surface area contributed by atoms with E-state index in [1.807, 2.05) is 0 Å². The minimum atomic E-state index is -0.490. The summed E-state index contributed by atoms with van der Waals surface area (Å²) in [7, 11) is 0. The van der Waals surface area contributed by atoms with Crippen molar-refractivity contribution in [2.24, 2.45) is 0 Å². The summed E-state index contributed by atoms with van der Waals surface area (Å²) in [6.45, 7) is 2.05. The Labute approximate surface area is 147 Å². The zero-order chi connectivity index (χ0) is 17.8. The molecule has 0 aliphatic heterocycles. The predicted molar refractivity (Wildman–Crippen MR) is 95.7 cm³/mol. The van der Waals surface area contributed by atoms with E-state index >= 15 is 0 Å². The second kappa shape index (κ2) is 7.39. The molecule has 1 aromatic carbocycles. The molecule has 1 N–H and O–H groups in total. The molecule has 0 fully saturated rings. The standard InChI is InChI=1S/C16H17N5O3S/c1-2-3-4-14(15(22)18-16-17-7-8-25-16)20-10-11-5-6-12(21(23)24)9-13(11)19-20/h5-10,14H,2-4H2,1H3,(H,17,18,22). The van der Waals surface area contributed by atoms with Gasteiger partial charge in [0.2, 0.25) is 0 Å². The monoisotopic (exact) mass is 359 g/mol. The molecule has 9 heteroatoms. The van der Waals surface area contributed by atoms with Crippen LogP contribution in [0.25, 0.3) is 10.9 Å². The van der Waals surface area contributed by atoms with Crippen LogP contribution in [0.1, 0.15) is 32.2 Å². The van der Waals surface area contributed by atoms with E-state index in [9.17, 15) is 14.9 Å². The average molecular weight is 359 g/mol. The maximum Gasteiger partial charge on any atom is 0.271 e. The first-order valence-electron chi connectivity index (χ1n) is 7.92. The van der Waals surface area contributed by atoms with Gasteiger partial charge < -0.3 is 5.32 Å². The van der Waals surface area contributed by atoms with Crippen LogP contribution in [0, 0.1) is 10.1 Å². The van der Waals surface area contributed by atoms with Crippen LogP contribution in [0.3, 0.4) is 0 Å². The Bertz CT molecular complexity index is 890. The fourth-order valence-electron chi connectivity index (χ4n) is 2.55. The largest absolute Gasteiger partial charge is 0.300 e. The minimum absolute atomic E-state index is 0.0184. The van der Waals surface area contributed by atoms with Crippen molar-refractivity contribution in [1.29, 1.82) is 0 Å². The number of nitro groups is 1. The SMILES string of the molecule is CCCCC(C(=O)Nc1nccs1)n1cc2ccc([N+](=O)[O-])cc2n1. The lowest BCUT2D eigenvalue weighted by Gasteiger charge is -2.16. The Morgan fingerprint density at radius 3 is 3.00 bits per heavy atom. The molecule has 0 bridgehead atoms. The number of nitrogens with zero attached hydrogens (tertiary/aromatic N) is 4. The summed E-state index contributed by atoms with van der Waals surface area (Å²) in [4.78, 5) is 27.2. The lowest BCUT2D eigenvalue weighted by Crippen LogP contribution is -2.26. The highest BCUT2D eigenvalue weighted by atomic mass is 32.1. The molecule has 0 spiro atoms. The molecule has 3 aromatic rings. The van der Waals surface area contributed by atoms with Crippen LogP contribution in [0.5, 0.6) is 0 Å². The fourth-order valence-corrected chi connectivity index (χ4v) is 3.08. The summed E-state index contributed by atoms with van der Waals surface area (Å²) in [5.74, 6) is -0.189. The van der Waals surface area contributed by atoms with Crippen LogP contribution in [-0.4, -0.2) is 25.6 Å². The summed E-state index contributed by atoms with van der Waals surface area (Å²) in [6.07, 6.45) is 5.83. The van der Waals surface area contributed by atoms with Crippen molar-refractivity contribution < 1.29 is 9.72 Å². The number of nitro benzene ring substituents is 1. The molecule has 2 aromatic heterocycles. The highest BCUT2D eigenvalue weighted by molar-refractivity contribution is 7.13. The number of carbonyl (C=O) groups excluding carboxylic acids is 1. The van der Waals surface area contributed by atoms with E-state index in [1.54, 1.807) is 28.5 Å². The Morgan fingerprint density at radius 1 is 1.48 bits per heavy atom. The first-order chi connectivity index (χ1) is 12.1. The Balaban J connectivity index is 1.90. The summed E-state index contributed by atoms with van der Waals surface area (Å²) in [6, 6.07) is 4.01. The van der Waals surface area contributed by atoms with E-state index in [2.05, 4.69) is 22.3 Å². The maximum absolute atomic E-state index is 12.7. The maximum atomic E-state index is 12.7. The number of nitrogens with one attached hydrogen (secondary N) is 1. The normalized spacial score (nSPS) is 12.2. The molecule has 8 nitrogen and oxygen atoms in total. The summed E-state index contributed by atoms with van der Waals surface area (Å²) in [5.41, 5.74) is 0.479. The lowest BCUT2D eigenvalue weighted by molar-refractivity contribution is -0.384. The average Bonchev–Trinajstić information content (AvgIpc) is 3.23. The van der Waals surface area contributed by atoms with Gasteiger partial charge in [0, 0.05) is 35.3 Å². The summed E-state index contributed by atoms with van der Waals surface area (Å²) in [5, 5.41) is 21.2. The molecule has 0 saturated carbocycles. The smallest absolute Gasteiger partial charge is 0.271 e. The van der Waals surface area contributed by atoms with Gasteiger partial charge in [-0.25, -0.2) is 4.98 Å². The number of thiazole rings is 1. The topological polar surface area (TPSA) is 103 Å². The first kappa shape index (κ1) is 17.0. The molecule has 1 amide bonds. The molecule has 25 heavy (non-hydrogen) atoms. The van der Waals surface area contributed by atoms with Crippen LogP contribution in [0.15, 0.2) is 36.0 Å². The van der Waals surface area contributed by atoms with Crippen molar-refractivity contribution in [3.8, 4) is 0 Å². The quantitative estimate of drug-likeness (QED) is 0.511. The van der Waals surface area contributed by atoms with Crippen LogP contribution >= 0.6 is 11.3 Å². The van der Waals surface area contributed by atoms with Gasteiger partial charge in [0.25, 0.3) is 11.6 Å². The predicted octanol–water partition coefficient (Wildman–Crippen LogP) is 3.77. The van der Waals surface area contributed by atoms with Crippen molar-refractivity contribution in [1.82, 2.24) is 14.8 Å². The lowest BCUT2D eigenvalue weighted by atomic mass is 10.1. The number of fused-ring (bicyclic) bond motifs is 1. The molecule has 0 aliphatic rings. The molecule has 1 atom stereocenters. The molecule has 0 radical (unpaired) electrons. The highest BCUT2D eigenvalue weighted by Gasteiger charge is 2.22. The van der Waals surface area contributed by atoms with E-state index in [1.165, 1.54) is 23.5 Å². The van der Waals surface area contributed by atoms with Crippen LogP contribution in [-0.2, 0) is 4.79 Å². The third-order valence-corrected chi connectivity index (χ3v) is 4.52. The molecule has 1 unspecified atom stereocenters. The molecule has 0 aliphatic carbocycles. The first-order valence-corrected chi connectivity index (χ1v) is 8.80. The number of hydrogen-bond donors (Lipinski definition) is 1. The third-order valence-electron chi connectivity index (χ3n) is 3.83. The van der Waals surface area contributed by atoms with Gasteiger partial charge in [-0.1, -0.05) is 19.8 Å². The van der Waals surface area contributed by atoms with Crippen molar-refractivity contribution >= 4 is 39.0 Å². The van der Waals surface area contributed by atoms with Gasteiger partial charge in [-0.15, -0.1) is 11.3 Å². The van der Waals surface area contributed by atoms with Crippen LogP contribution < -0.4 is 5.32 Å². The second-order valence-electron chi connectivity index (χ2n) is 5.59. The van der Waals surface area contributed by atoms with Gasteiger partial charge in [0.15, 0.2) is 5.13 Å². The van der Waals surface area contributed by atoms with E-state index < -0.39 is 11.0 Å². The number of hydrogen-bond acceptors (Lipinski definition) is 6. The Kier molecular flexibility index (Phi) is 5.03. The van der Waals surface area contributed by atoms with Crippen LogP contribution in [0.2, 0.25) is 0 Å². The van der Waals surface area contributed by atoms with Gasteiger partial charge >= 0.3 is 0 Å². The summed E-state index contributed by atoms with van der Waals surface area (Å²) < 4.78 is 1.59. The van der Waals surface area contributed by atoms with Gasteiger partial charge in [0.1, 0.15) is 6.04 Å². The van der Waals surface area contributed by atoms with Crippen molar-refractivity contribution in [2.45, 2.75) is 32.2 Å². The number of anilines is 1. The zero-order valence-corrected chi connectivity index (χ0v) is 14.4. The highest BCUT2D eigenvalue weighted by Crippen LogP contribution is 2.24. The van der Waals surface area contributed by atoms with Crippen molar-refractivity contribution in [2.75, 3.05) is 5.32 Å². The molecule has 2 heterocycles. The van der Waals surface area contributed by atoms with Gasteiger partial charge in [-0.05, 0) is 12.5 Å². The molecular formula is C16H17N5O3S. The summed E-state index contributed by atoms with van der Waals surface area (Å²) >= 11 is 1.35. The molecule has 3 rings (SSSR count). The molecule has 0 saturated heterocycles. The van der Waals surface area contributed by atoms with Crippen molar-refractivity contribution in [3.05, 3.63) is 46.1 Å². The second-order valence-corrected chi connectivity index (χ2v) is 6.49. The van der Waals surface area contributed by atoms with Gasteiger partial charge in [-0.3, -0.25) is 19.6 Å². The number of carbonyl (C=O) groups is 1. The van der Waals surface area contributed by atoms with Gasteiger partial charge in [0.05, 0.1) is 10.4 Å². The van der Waals surface area contributed by atoms with E-state index in [-0.39, 0.29) is 11.6 Å². The molecule has 130 valence electrons. The van der Waals surface area contributed by atoms with Crippen LogP contribution in [0.4, 0.5) is 10.8 Å². The van der Waals surface area contributed by atoms with Gasteiger partial charge in [-0.2, -0.15) is 5.10 Å². The number of unbranched alkanes of at least 4 members (excludes halogenated alkanes) is 1. The number of rotatable bonds is 7. The molecular weight excluding hydrogens is 342 g/mol. The van der Waals surface area contributed by atoms with Crippen molar-refractivity contribution in [3.63, 3.8) is 0 Å². The Hall–Kier alpha value is -2.81. The van der Waals surface area contributed by atoms with E-state index in [0.717, 1.165) is 18.2 Å². The fraction of sp³-hybridized carbons (Fsp3) is 0.312. The van der Waals surface area contributed by atoms with E-state index in [4.69, 9.17) is 0 Å². The third kappa shape index (κ3) is 3.82. The number of amides is 1.